The van der Waals surface area contributed by atoms with Gasteiger partial charge in [-0.3, -0.25) is 4.79 Å². The highest BCUT2D eigenvalue weighted by Gasteiger charge is 2.11. The van der Waals surface area contributed by atoms with Crippen molar-refractivity contribution in [1.29, 1.82) is 0 Å². The molecule has 0 atom stereocenters. The first-order valence-corrected chi connectivity index (χ1v) is 5.36. The molecule has 1 rings (SSSR count). The Morgan fingerprint density at radius 1 is 1.57 bits per heavy atom. The molecule has 0 heterocycles. The van der Waals surface area contributed by atoms with Gasteiger partial charge in [0, 0.05) is 5.56 Å². The third kappa shape index (κ3) is 2.28. The van der Waals surface area contributed by atoms with Crippen LogP contribution in [0.25, 0.3) is 0 Å². The molecule has 4 heteroatoms. The molecule has 0 spiro atoms. The lowest BCUT2D eigenvalue weighted by molar-refractivity contribution is 0.102. The summed E-state index contributed by atoms with van der Waals surface area (Å²) < 4.78 is 5.87. The van der Waals surface area contributed by atoms with E-state index in [2.05, 4.69) is 15.9 Å². The molecule has 0 unspecified atom stereocenters. The number of benzene rings is 1. The molecule has 0 aliphatic carbocycles. The van der Waals surface area contributed by atoms with Crippen molar-refractivity contribution in [2.45, 2.75) is 6.92 Å². The number of methoxy groups -OCH3 is 1. The van der Waals surface area contributed by atoms with Crippen molar-refractivity contribution in [3.8, 4) is 5.75 Å². The zero-order chi connectivity index (χ0) is 10.7. The Morgan fingerprint density at radius 3 is 2.71 bits per heavy atom. The Morgan fingerprint density at radius 2 is 2.21 bits per heavy atom. The Hall–Kier alpha value is -0.540. The summed E-state index contributed by atoms with van der Waals surface area (Å²) in [6.45, 7) is 1.86. The van der Waals surface area contributed by atoms with E-state index in [0.717, 1.165) is 10.0 Å². The number of hydrogen-bond donors (Lipinski definition) is 0. The summed E-state index contributed by atoms with van der Waals surface area (Å²) in [5.41, 5.74) is 1.50. The highest BCUT2D eigenvalue weighted by molar-refractivity contribution is 9.10. The van der Waals surface area contributed by atoms with E-state index in [1.165, 1.54) is 0 Å². The molecule has 0 aliphatic rings. The number of ketones is 1. The second-order valence-corrected chi connectivity index (χ2v) is 3.98. The second-order valence-electron chi connectivity index (χ2n) is 2.86. The minimum Gasteiger partial charge on any atom is -0.496 e. The van der Waals surface area contributed by atoms with Gasteiger partial charge in [-0.25, -0.2) is 0 Å². The molecule has 2 nitrogen and oxygen atoms in total. The maximum atomic E-state index is 11.4. The minimum atomic E-state index is -0.0764. The normalized spacial score (nSPS) is 10.0. The molecule has 0 aliphatic heterocycles. The van der Waals surface area contributed by atoms with Crippen LogP contribution in [0.4, 0.5) is 0 Å². The van der Waals surface area contributed by atoms with Crippen LogP contribution >= 0.6 is 27.5 Å². The van der Waals surface area contributed by atoms with Crippen molar-refractivity contribution < 1.29 is 9.53 Å². The number of rotatable bonds is 3. The van der Waals surface area contributed by atoms with Crippen LogP contribution in [0.5, 0.6) is 5.75 Å². The summed E-state index contributed by atoms with van der Waals surface area (Å²) in [4.78, 5) is 11.4. The first-order valence-electron chi connectivity index (χ1n) is 4.03. The fourth-order valence-corrected chi connectivity index (χ4v) is 1.83. The Kier molecular flexibility index (Phi) is 3.96. The second kappa shape index (κ2) is 4.80. The highest BCUT2D eigenvalue weighted by atomic mass is 79.9. The standard InChI is InChI=1S/C10H10BrClO2/c1-6-3-10(14-2)8(11)4-7(6)9(13)5-12/h3-4H,5H2,1-2H3. The summed E-state index contributed by atoms with van der Waals surface area (Å²) in [6.07, 6.45) is 0. The van der Waals surface area contributed by atoms with Crippen molar-refractivity contribution in [2.24, 2.45) is 0 Å². The molecule has 0 radical (unpaired) electrons. The molecule has 14 heavy (non-hydrogen) atoms. The van der Waals surface area contributed by atoms with Gasteiger partial charge in [0.2, 0.25) is 0 Å². The zero-order valence-electron chi connectivity index (χ0n) is 7.93. The van der Waals surface area contributed by atoms with Crippen LogP contribution in [0.15, 0.2) is 16.6 Å². The summed E-state index contributed by atoms with van der Waals surface area (Å²) in [7, 11) is 1.59. The highest BCUT2D eigenvalue weighted by Crippen LogP contribution is 2.28. The van der Waals surface area contributed by atoms with E-state index in [4.69, 9.17) is 16.3 Å². The van der Waals surface area contributed by atoms with Gasteiger partial charge in [-0.2, -0.15) is 0 Å². The number of Topliss-reactive ketones (excluding diaryl/α,β-unsaturated/α-hetero) is 1. The van der Waals surface area contributed by atoms with Crippen molar-refractivity contribution in [1.82, 2.24) is 0 Å². The van der Waals surface area contributed by atoms with Gasteiger partial charge in [0.25, 0.3) is 0 Å². The van der Waals surface area contributed by atoms with Crippen molar-refractivity contribution in [2.75, 3.05) is 13.0 Å². The number of carbonyl (C=O) groups excluding carboxylic acids is 1. The van der Waals surface area contributed by atoms with Gasteiger partial charge in [0.15, 0.2) is 5.78 Å². The van der Waals surface area contributed by atoms with Gasteiger partial charge in [-0.15, -0.1) is 11.6 Å². The first kappa shape index (κ1) is 11.5. The van der Waals surface area contributed by atoms with E-state index in [1.54, 1.807) is 13.2 Å². The van der Waals surface area contributed by atoms with Crippen LogP contribution in [-0.4, -0.2) is 18.8 Å². The van der Waals surface area contributed by atoms with Crippen LogP contribution in [0.3, 0.4) is 0 Å². The maximum Gasteiger partial charge on any atom is 0.177 e. The van der Waals surface area contributed by atoms with Gasteiger partial charge < -0.3 is 4.74 Å². The molecular formula is C10H10BrClO2. The molecule has 0 saturated carbocycles. The molecule has 1 aromatic carbocycles. The number of aryl methyl sites for hydroxylation is 1. The average Bonchev–Trinajstić information content (AvgIpc) is 2.19. The van der Waals surface area contributed by atoms with Crippen LogP contribution < -0.4 is 4.74 Å². The van der Waals surface area contributed by atoms with Crippen LogP contribution in [0.1, 0.15) is 15.9 Å². The van der Waals surface area contributed by atoms with Gasteiger partial charge in [0.05, 0.1) is 17.5 Å². The van der Waals surface area contributed by atoms with Gasteiger partial charge in [-0.05, 0) is 40.5 Å². The average molecular weight is 278 g/mol. The van der Waals surface area contributed by atoms with Gasteiger partial charge >= 0.3 is 0 Å². The lowest BCUT2D eigenvalue weighted by Gasteiger charge is -2.08. The van der Waals surface area contributed by atoms with Crippen LogP contribution in [-0.2, 0) is 0 Å². The topological polar surface area (TPSA) is 26.3 Å². The largest absolute Gasteiger partial charge is 0.496 e. The van der Waals surface area contributed by atoms with Crippen LogP contribution in [0, 0.1) is 6.92 Å². The van der Waals surface area contributed by atoms with E-state index in [9.17, 15) is 4.79 Å². The molecule has 0 fully saturated rings. The molecule has 0 aromatic heterocycles. The first-order chi connectivity index (χ1) is 6.60. The maximum absolute atomic E-state index is 11.4. The number of carbonyl (C=O) groups is 1. The lowest BCUT2D eigenvalue weighted by Crippen LogP contribution is -2.03. The third-order valence-corrected chi connectivity index (χ3v) is 2.78. The fourth-order valence-electron chi connectivity index (χ4n) is 1.18. The van der Waals surface area contributed by atoms with Gasteiger partial charge in [-0.1, -0.05) is 0 Å². The number of halogens is 2. The molecule has 0 N–H and O–H groups in total. The Bertz CT molecular complexity index is 363. The molecule has 1 aromatic rings. The smallest absolute Gasteiger partial charge is 0.177 e. The Balaban J connectivity index is 3.21. The van der Waals surface area contributed by atoms with Crippen molar-refractivity contribution >= 4 is 33.3 Å². The molecule has 76 valence electrons. The summed E-state index contributed by atoms with van der Waals surface area (Å²) in [5.74, 6) is 0.640. The monoisotopic (exact) mass is 276 g/mol. The van der Waals surface area contributed by atoms with E-state index >= 15 is 0 Å². The minimum absolute atomic E-state index is 0.000388. The molecular weight excluding hydrogens is 267 g/mol. The number of hydrogen-bond acceptors (Lipinski definition) is 2. The number of ether oxygens (including phenoxy) is 1. The predicted octanol–water partition coefficient (Wildman–Crippen LogP) is 3.19. The molecule has 0 saturated heterocycles. The third-order valence-electron chi connectivity index (χ3n) is 1.92. The zero-order valence-corrected chi connectivity index (χ0v) is 10.3. The number of alkyl halides is 1. The van der Waals surface area contributed by atoms with E-state index in [0.29, 0.717) is 11.3 Å². The van der Waals surface area contributed by atoms with Gasteiger partial charge in [0.1, 0.15) is 5.75 Å². The van der Waals surface area contributed by atoms with Crippen LogP contribution in [0.2, 0.25) is 0 Å². The quantitative estimate of drug-likeness (QED) is 0.626. The van der Waals surface area contributed by atoms with Crippen molar-refractivity contribution in [3.05, 3.63) is 27.7 Å². The Labute approximate surface area is 96.3 Å². The predicted molar refractivity (Wildman–Crippen MR) is 60.5 cm³/mol. The SMILES string of the molecule is COc1cc(C)c(C(=O)CCl)cc1Br. The molecule has 0 bridgehead atoms. The van der Waals surface area contributed by atoms with Crippen molar-refractivity contribution in [3.63, 3.8) is 0 Å². The van der Waals surface area contributed by atoms with E-state index < -0.39 is 0 Å². The lowest BCUT2D eigenvalue weighted by atomic mass is 10.1. The summed E-state index contributed by atoms with van der Waals surface area (Å²) in [5, 5.41) is 0. The fraction of sp³-hybridized carbons (Fsp3) is 0.300. The van der Waals surface area contributed by atoms with E-state index in [1.807, 2.05) is 13.0 Å². The van der Waals surface area contributed by atoms with E-state index in [-0.39, 0.29) is 11.7 Å². The summed E-state index contributed by atoms with van der Waals surface area (Å²) >= 11 is 8.81. The summed E-state index contributed by atoms with van der Waals surface area (Å²) in [6, 6.07) is 3.54. The molecule has 0 amide bonds.